The molecule has 1 aromatic rings. The number of hydrogen-bond donors (Lipinski definition) is 2. The van der Waals surface area contributed by atoms with E-state index in [9.17, 15) is 15.0 Å². The van der Waals surface area contributed by atoms with Crippen molar-refractivity contribution in [3.05, 3.63) is 35.9 Å². The molecule has 5 heteroatoms. The lowest BCUT2D eigenvalue weighted by Crippen LogP contribution is -2.57. The third-order valence-electron chi connectivity index (χ3n) is 5.29. The summed E-state index contributed by atoms with van der Waals surface area (Å²) < 4.78 is 0. The maximum atomic E-state index is 11.4. The molecular weight excluding hydrogens is 280 g/mol. The summed E-state index contributed by atoms with van der Waals surface area (Å²) in [7, 11) is 0. The SMILES string of the molecule is O=C(O)N1CCCC2(CCN(Cc3ccccc3)C2)C1CO. The van der Waals surface area contributed by atoms with Gasteiger partial charge in [0.25, 0.3) is 0 Å². The van der Waals surface area contributed by atoms with E-state index in [1.54, 1.807) is 0 Å². The highest BCUT2D eigenvalue weighted by molar-refractivity contribution is 5.65. The van der Waals surface area contributed by atoms with Crippen molar-refractivity contribution in [2.45, 2.75) is 31.8 Å². The van der Waals surface area contributed by atoms with Crippen molar-refractivity contribution in [3.8, 4) is 0 Å². The summed E-state index contributed by atoms with van der Waals surface area (Å²) in [5.74, 6) is 0. The van der Waals surface area contributed by atoms with Crippen LogP contribution in [-0.4, -0.2) is 58.4 Å². The first-order chi connectivity index (χ1) is 10.6. The Morgan fingerprint density at radius 2 is 2.00 bits per heavy atom. The monoisotopic (exact) mass is 304 g/mol. The fourth-order valence-electron chi connectivity index (χ4n) is 4.21. The van der Waals surface area contributed by atoms with E-state index in [1.165, 1.54) is 10.5 Å². The van der Waals surface area contributed by atoms with Crippen LogP contribution in [0.2, 0.25) is 0 Å². The van der Waals surface area contributed by atoms with E-state index in [4.69, 9.17) is 0 Å². The van der Waals surface area contributed by atoms with E-state index < -0.39 is 6.09 Å². The molecule has 2 fully saturated rings. The summed E-state index contributed by atoms with van der Waals surface area (Å²) in [6.45, 7) is 3.20. The number of benzene rings is 1. The minimum absolute atomic E-state index is 0.0779. The molecule has 2 atom stereocenters. The van der Waals surface area contributed by atoms with Gasteiger partial charge in [-0.1, -0.05) is 30.3 Å². The minimum Gasteiger partial charge on any atom is -0.465 e. The molecular formula is C17H24N2O3. The van der Waals surface area contributed by atoms with Gasteiger partial charge in [0.05, 0.1) is 12.6 Å². The van der Waals surface area contributed by atoms with Crippen molar-refractivity contribution in [3.63, 3.8) is 0 Å². The zero-order valence-electron chi connectivity index (χ0n) is 12.8. The fraction of sp³-hybridized carbons (Fsp3) is 0.588. The smallest absolute Gasteiger partial charge is 0.407 e. The van der Waals surface area contributed by atoms with Crippen LogP contribution in [0.1, 0.15) is 24.8 Å². The van der Waals surface area contributed by atoms with Crippen LogP contribution in [0.5, 0.6) is 0 Å². The highest BCUT2D eigenvalue weighted by atomic mass is 16.4. The highest BCUT2D eigenvalue weighted by Crippen LogP contribution is 2.44. The summed E-state index contributed by atoms with van der Waals surface area (Å²) in [5, 5.41) is 19.2. The second kappa shape index (κ2) is 6.26. The molecule has 0 radical (unpaired) electrons. The van der Waals surface area contributed by atoms with Crippen molar-refractivity contribution >= 4 is 6.09 Å². The van der Waals surface area contributed by atoms with Crippen molar-refractivity contribution in [2.24, 2.45) is 5.41 Å². The van der Waals surface area contributed by atoms with Gasteiger partial charge < -0.3 is 15.1 Å². The van der Waals surface area contributed by atoms with Gasteiger partial charge >= 0.3 is 6.09 Å². The number of amides is 1. The van der Waals surface area contributed by atoms with Crippen LogP contribution >= 0.6 is 0 Å². The number of carboxylic acid groups (broad SMARTS) is 1. The van der Waals surface area contributed by atoms with Gasteiger partial charge in [-0.3, -0.25) is 4.90 Å². The Morgan fingerprint density at radius 3 is 2.68 bits per heavy atom. The number of hydrogen-bond acceptors (Lipinski definition) is 3. The van der Waals surface area contributed by atoms with Crippen LogP contribution in [0.15, 0.2) is 30.3 Å². The molecule has 2 heterocycles. The van der Waals surface area contributed by atoms with Gasteiger partial charge in [-0.05, 0) is 31.4 Å². The maximum absolute atomic E-state index is 11.4. The molecule has 3 rings (SSSR count). The second-order valence-electron chi connectivity index (χ2n) is 6.59. The lowest BCUT2D eigenvalue weighted by molar-refractivity contribution is -0.00554. The van der Waals surface area contributed by atoms with Gasteiger partial charge in [0.1, 0.15) is 0 Å². The zero-order valence-corrected chi connectivity index (χ0v) is 12.8. The summed E-state index contributed by atoms with van der Waals surface area (Å²) >= 11 is 0. The molecule has 2 aliphatic rings. The first-order valence-electron chi connectivity index (χ1n) is 8.01. The molecule has 0 aliphatic carbocycles. The van der Waals surface area contributed by atoms with Crippen LogP contribution in [0.25, 0.3) is 0 Å². The first-order valence-corrected chi connectivity index (χ1v) is 8.01. The Kier molecular flexibility index (Phi) is 4.36. The summed E-state index contributed by atoms with van der Waals surface area (Å²) in [6, 6.07) is 10.1. The van der Waals surface area contributed by atoms with E-state index in [-0.39, 0.29) is 18.1 Å². The standard InChI is InChI=1S/C17H24N2O3/c20-12-15-17(7-4-9-19(15)16(21)22)8-10-18(13-17)11-14-5-2-1-3-6-14/h1-3,5-6,15,20H,4,7-13H2,(H,21,22). The van der Waals surface area contributed by atoms with Crippen molar-refractivity contribution in [1.29, 1.82) is 0 Å². The van der Waals surface area contributed by atoms with E-state index in [2.05, 4.69) is 17.0 Å². The molecule has 2 unspecified atom stereocenters. The van der Waals surface area contributed by atoms with Crippen LogP contribution in [0.3, 0.4) is 0 Å². The van der Waals surface area contributed by atoms with Crippen molar-refractivity contribution < 1.29 is 15.0 Å². The molecule has 2 saturated heterocycles. The van der Waals surface area contributed by atoms with Gasteiger partial charge in [-0.15, -0.1) is 0 Å². The summed E-state index contributed by atoms with van der Waals surface area (Å²) in [6.07, 6.45) is 1.96. The quantitative estimate of drug-likeness (QED) is 0.896. The van der Waals surface area contributed by atoms with Crippen LogP contribution in [0, 0.1) is 5.41 Å². The van der Waals surface area contributed by atoms with E-state index in [1.807, 2.05) is 18.2 Å². The summed E-state index contributed by atoms with van der Waals surface area (Å²) in [4.78, 5) is 15.3. The predicted molar refractivity (Wildman–Crippen MR) is 83.6 cm³/mol. The molecule has 0 bridgehead atoms. The van der Waals surface area contributed by atoms with Gasteiger partial charge in [0, 0.05) is 25.0 Å². The topological polar surface area (TPSA) is 64.0 Å². The van der Waals surface area contributed by atoms with Crippen molar-refractivity contribution in [1.82, 2.24) is 9.80 Å². The van der Waals surface area contributed by atoms with E-state index in [0.717, 1.165) is 38.9 Å². The first kappa shape index (κ1) is 15.3. The Hall–Kier alpha value is -1.59. The largest absolute Gasteiger partial charge is 0.465 e. The lowest BCUT2D eigenvalue weighted by atomic mass is 9.72. The normalized spacial score (nSPS) is 29.1. The molecule has 2 N–H and O–H groups in total. The van der Waals surface area contributed by atoms with Gasteiger partial charge in [0.2, 0.25) is 0 Å². The Labute approximate surface area is 131 Å². The van der Waals surface area contributed by atoms with E-state index in [0.29, 0.717) is 6.54 Å². The van der Waals surface area contributed by atoms with Crippen LogP contribution in [-0.2, 0) is 6.54 Å². The average molecular weight is 304 g/mol. The van der Waals surface area contributed by atoms with Gasteiger partial charge in [-0.25, -0.2) is 4.79 Å². The third kappa shape index (κ3) is 2.83. The number of aliphatic hydroxyl groups excluding tert-OH is 1. The average Bonchev–Trinajstić information content (AvgIpc) is 2.91. The molecule has 0 saturated carbocycles. The lowest BCUT2D eigenvalue weighted by Gasteiger charge is -2.46. The van der Waals surface area contributed by atoms with E-state index >= 15 is 0 Å². The zero-order chi connectivity index (χ0) is 15.6. The molecule has 1 amide bonds. The molecule has 0 aromatic heterocycles. The number of likely N-dealkylation sites (tertiary alicyclic amines) is 2. The van der Waals surface area contributed by atoms with Gasteiger partial charge in [-0.2, -0.15) is 0 Å². The maximum Gasteiger partial charge on any atom is 0.407 e. The Bertz CT molecular complexity index is 522. The number of carbonyl (C=O) groups is 1. The summed E-state index contributed by atoms with van der Waals surface area (Å²) in [5.41, 5.74) is 1.20. The highest BCUT2D eigenvalue weighted by Gasteiger charge is 2.49. The van der Waals surface area contributed by atoms with Crippen LogP contribution in [0.4, 0.5) is 4.79 Å². The molecule has 2 aliphatic heterocycles. The molecule has 1 spiro atoms. The van der Waals surface area contributed by atoms with Crippen molar-refractivity contribution in [2.75, 3.05) is 26.2 Å². The Balaban J connectivity index is 1.72. The Morgan fingerprint density at radius 1 is 1.23 bits per heavy atom. The fourth-order valence-corrected chi connectivity index (χ4v) is 4.21. The second-order valence-corrected chi connectivity index (χ2v) is 6.59. The molecule has 5 nitrogen and oxygen atoms in total. The molecule has 120 valence electrons. The molecule has 22 heavy (non-hydrogen) atoms. The number of aliphatic hydroxyl groups is 1. The number of piperidine rings is 1. The van der Waals surface area contributed by atoms with Gasteiger partial charge in [0.15, 0.2) is 0 Å². The number of rotatable bonds is 3. The minimum atomic E-state index is -0.903. The molecule has 1 aromatic carbocycles. The number of nitrogens with zero attached hydrogens (tertiary/aromatic N) is 2. The predicted octanol–water partition coefficient (Wildman–Crippen LogP) is 2.01. The third-order valence-corrected chi connectivity index (χ3v) is 5.29. The van der Waals surface area contributed by atoms with Crippen LogP contribution < -0.4 is 0 Å².